The fourth-order valence-corrected chi connectivity index (χ4v) is 8.03. The highest BCUT2D eigenvalue weighted by atomic mass is 19.1. The van der Waals surface area contributed by atoms with Crippen LogP contribution in [-0.4, -0.2) is 83.5 Å². The minimum absolute atomic E-state index is 0.00327. The first kappa shape index (κ1) is 32.2. The predicted octanol–water partition coefficient (Wildman–Crippen LogP) is 4.15. The van der Waals surface area contributed by atoms with E-state index in [-0.39, 0.29) is 41.7 Å². The van der Waals surface area contributed by atoms with Gasteiger partial charge in [-0.2, -0.15) is 9.97 Å². The Labute approximate surface area is 278 Å². The molecule has 1 N–H and O–H groups in total. The number of nitrogens with zero attached hydrogens (tertiary/aromatic N) is 5. The number of pyridine rings is 1. The number of carbonyl (C=O) groups excluding carboxylic acids is 1. The maximum absolute atomic E-state index is 16.9. The first-order chi connectivity index (χ1) is 23.2. The van der Waals surface area contributed by atoms with Gasteiger partial charge in [-0.3, -0.25) is 4.90 Å². The lowest BCUT2D eigenvalue weighted by atomic mass is 9.91. The number of fused-ring (bicyclic) bond motifs is 7. The molecule has 0 aliphatic carbocycles. The van der Waals surface area contributed by atoms with Crippen molar-refractivity contribution in [1.82, 2.24) is 25.2 Å². The van der Waals surface area contributed by atoms with E-state index in [1.807, 2.05) is 11.8 Å². The van der Waals surface area contributed by atoms with Gasteiger partial charge in [0.15, 0.2) is 5.82 Å². The quantitative estimate of drug-likeness (QED) is 0.433. The Hall–Kier alpha value is -4.32. The van der Waals surface area contributed by atoms with Crippen molar-refractivity contribution in [3.63, 3.8) is 0 Å². The number of alkyl carbamates (subject to hydrolysis) is 1. The number of amides is 1. The molecule has 3 saturated heterocycles. The molecule has 10 nitrogen and oxygen atoms in total. The average Bonchev–Trinajstić information content (AvgIpc) is 3.65. The summed E-state index contributed by atoms with van der Waals surface area (Å²) < 4.78 is 50.1. The summed E-state index contributed by atoms with van der Waals surface area (Å²) in [7, 11) is 1.47. The van der Waals surface area contributed by atoms with E-state index < -0.39 is 23.3 Å². The summed E-state index contributed by atoms with van der Waals surface area (Å²) in [6.45, 7) is 9.30. The van der Waals surface area contributed by atoms with Crippen molar-refractivity contribution in [2.75, 3.05) is 51.4 Å². The summed E-state index contributed by atoms with van der Waals surface area (Å²) in [5.41, 5.74) is -0.458. The molecule has 1 unspecified atom stereocenters. The smallest absolute Gasteiger partial charge is 0.407 e. The van der Waals surface area contributed by atoms with E-state index in [0.29, 0.717) is 59.7 Å². The number of allylic oxidation sites excluding steroid dienone is 1. The molecule has 0 saturated carbocycles. The molecule has 0 spiro atoms. The molecule has 0 radical (unpaired) electrons. The molecular formula is C36H42F2N6O4. The third-order valence-electron chi connectivity index (χ3n) is 10.3. The van der Waals surface area contributed by atoms with Crippen LogP contribution in [0, 0.1) is 11.6 Å². The van der Waals surface area contributed by atoms with E-state index in [0.717, 1.165) is 45.2 Å². The van der Waals surface area contributed by atoms with Gasteiger partial charge in [0.1, 0.15) is 34.8 Å². The molecule has 5 aliphatic heterocycles. The molecule has 48 heavy (non-hydrogen) atoms. The second kappa shape index (κ2) is 12.9. The van der Waals surface area contributed by atoms with E-state index in [9.17, 15) is 4.79 Å². The van der Waals surface area contributed by atoms with Crippen molar-refractivity contribution >= 4 is 35.0 Å². The van der Waals surface area contributed by atoms with Crippen LogP contribution in [0.1, 0.15) is 63.1 Å². The fourth-order valence-electron chi connectivity index (χ4n) is 8.03. The molecule has 2 aromatic heterocycles. The van der Waals surface area contributed by atoms with Crippen LogP contribution in [0.15, 0.2) is 24.8 Å². The Morgan fingerprint density at radius 1 is 1.08 bits per heavy atom. The topological polar surface area (TPSA) is 102 Å². The number of ether oxygens (including phenoxy) is 3. The van der Waals surface area contributed by atoms with Gasteiger partial charge in [-0.05, 0) is 99.5 Å². The molecule has 12 heteroatoms. The zero-order valence-corrected chi connectivity index (χ0v) is 27.6. The number of aromatic nitrogens is 3. The van der Waals surface area contributed by atoms with E-state index in [2.05, 4.69) is 26.8 Å². The lowest BCUT2D eigenvalue weighted by Crippen LogP contribution is -2.57. The average molecular weight is 661 g/mol. The number of methoxy groups -OCH3 is 1. The number of anilines is 1. The summed E-state index contributed by atoms with van der Waals surface area (Å²) in [6, 6.07) is 3.05. The van der Waals surface area contributed by atoms with Crippen LogP contribution >= 0.6 is 0 Å². The van der Waals surface area contributed by atoms with Crippen molar-refractivity contribution < 1.29 is 27.8 Å². The number of halogens is 2. The Bertz CT molecular complexity index is 1880. The Kier molecular flexibility index (Phi) is 8.69. The SMILES string of the molecule is C=C/C=c1/ccc(F)c2/c1=C\c1nc(OC)c3c(nc(OCC45CCCN4CCC5)nc3c1F)N1CCCC(C)(C1)NC(=O)OCCC2. The molecule has 3 aromatic rings. The monoisotopic (exact) mass is 660 g/mol. The van der Waals surface area contributed by atoms with Gasteiger partial charge < -0.3 is 24.4 Å². The number of rotatable bonds is 5. The van der Waals surface area contributed by atoms with Gasteiger partial charge in [0.2, 0.25) is 5.88 Å². The van der Waals surface area contributed by atoms with E-state index in [4.69, 9.17) is 19.2 Å². The van der Waals surface area contributed by atoms with E-state index >= 15 is 8.78 Å². The van der Waals surface area contributed by atoms with Crippen molar-refractivity contribution in [1.29, 1.82) is 0 Å². The highest BCUT2D eigenvalue weighted by Gasteiger charge is 2.45. The van der Waals surface area contributed by atoms with Crippen LogP contribution in [0.5, 0.6) is 11.9 Å². The molecule has 3 fully saturated rings. The molecule has 1 aromatic carbocycles. The number of nitrogens with one attached hydrogen (secondary N) is 1. The predicted molar refractivity (Wildman–Crippen MR) is 179 cm³/mol. The molecule has 6 bridgehead atoms. The van der Waals surface area contributed by atoms with Crippen LogP contribution in [0.25, 0.3) is 23.1 Å². The number of piperidine rings is 1. The fraction of sp³-hybridized carbons (Fsp3) is 0.500. The molecule has 1 amide bonds. The van der Waals surface area contributed by atoms with Crippen molar-refractivity contribution in [3.05, 3.63) is 58.1 Å². The lowest BCUT2D eigenvalue weighted by molar-refractivity contribution is 0.107. The number of hydrogen-bond donors (Lipinski definition) is 1. The zero-order chi connectivity index (χ0) is 33.5. The highest BCUT2D eigenvalue weighted by molar-refractivity contribution is 5.95. The maximum atomic E-state index is 16.9. The van der Waals surface area contributed by atoms with Gasteiger partial charge in [0, 0.05) is 13.1 Å². The second-order valence-electron chi connectivity index (χ2n) is 13.6. The summed E-state index contributed by atoms with van der Waals surface area (Å²) >= 11 is 0. The normalized spacial score (nSPS) is 23.6. The Morgan fingerprint density at radius 2 is 1.88 bits per heavy atom. The van der Waals surface area contributed by atoms with E-state index in [1.165, 1.54) is 19.3 Å². The highest BCUT2D eigenvalue weighted by Crippen LogP contribution is 2.41. The van der Waals surface area contributed by atoms with Crippen LogP contribution in [0.4, 0.5) is 19.4 Å². The van der Waals surface area contributed by atoms with Gasteiger partial charge in [0.05, 0.1) is 24.8 Å². The first-order valence-corrected chi connectivity index (χ1v) is 16.9. The van der Waals surface area contributed by atoms with Crippen LogP contribution in [0.2, 0.25) is 0 Å². The van der Waals surface area contributed by atoms with Crippen molar-refractivity contribution in [2.45, 2.75) is 69.4 Å². The number of hydrogen-bond acceptors (Lipinski definition) is 9. The minimum Gasteiger partial charge on any atom is -0.480 e. The molecule has 7 heterocycles. The van der Waals surface area contributed by atoms with Gasteiger partial charge >= 0.3 is 12.1 Å². The maximum Gasteiger partial charge on any atom is 0.407 e. The molecule has 8 rings (SSSR count). The van der Waals surface area contributed by atoms with Gasteiger partial charge in [0.25, 0.3) is 0 Å². The second-order valence-corrected chi connectivity index (χ2v) is 13.6. The molecule has 5 aliphatic rings. The van der Waals surface area contributed by atoms with Crippen LogP contribution < -0.4 is 30.1 Å². The van der Waals surface area contributed by atoms with Gasteiger partial charge in [-0.25, -0.2) is 18.6 Å². The summed E-state index contributed by atoms with van der Waals surface area (Å²) in [6.07, 6.45) is 10.6. The third kappa shape index (κ3) is 5.95. The number of benzene rings is 1. The zero-order valence-electron chi connectivity index (χ0n) is 27.6. The van der Waals surface area contributed by atoms with E-state index in [1.54, 1.807) is 18.2 Å². The first-order valence-electron chi connectivity index (χ1n) is 16.9. The third-order valence-corrected chi connectivity index (χ3v) is 10.3. The summed E-state index contributed by atoms with van der Waals surface area (Å²) in [5, 5.41) is 4.42. The van der Waals surface area contributed by atoms with Crippen molar-refractivity contribution in [2.24, 2.45) is 0 Å². The van der Waals surface area contributed by atoms with Crippen LogP contribution in [0.3, 0.4) is 0 Å². The largest absolute Gasteiger partial charge is 0.480 e. The number of carbonyl (C=O) groups is 1. The Morgan fingerprint density at radius 3 is 2.65 bits per heavy atom. The van der Waals surface area contributed by atoms with Gasteiger partial charge in [-0.1, -0.05) is 24.8 Å². The van der Waals surface area contributed by atoms with Crippen molar-refractivity contribution in [3.8, 4) is 11.9 Å². The van der Waals surface area contributed by atoms with Crippen LogP contribution in [-0.2, 0) is 11.2 Å². The molecular weight excluding hydrogens is 618 g/mol. The standard InChI is InChI=1S/C36H42F2N6O4/c1-4-9-23-11-12-26(37)24-10-5-19-47-34(45)42-35(2)13-6-16-43(21-35)31-28-30(29(38)27(20-25(23)24)39-32(28)46-3)40-33(41-31)48-22-36-14-7-17-44(36)18-8-15-36/h4,9,11-12,20H,1,5-8,10,13-19,21-22H2,2-3H3,(H,42,45)/b23-9-,25-20-. The summed E-state index contributed by atoms with van der Waals surface area (Å²) in [5.74, 6) is -0.609. The Balaban J connectivity index is 1.45. The summed E-state index contributed by atoms with van der Waals surface area (Å²) in [4.78, 5) is 31.6. The van der Waals surface area contributed by atoms with Gasteiger partial charge in [-0.15, -0.1) is 0 Å². The molecule has 254 valence electrons. The molecule has 1 atom stereocenters. The lowest BCUT2D eigenvalue weighted by Gasteiger charge is -2.41. The minimum atomic E-state index is -0.693.